The second kappa shape index (κ2) is 6.88. The van der Waals surface area contributed by atoms with E-state index < -0.39 is 17.6 Å². The molecule has 128 valence electrons. The molecule has 3 N–H and O–H groups in total. The van der Waals surface area contributed by atoms with Crippen LogP contribution in [0.15, 0.2) is 24.3 Å². The summed E-state index contributed by atoms with van der Waals surface area (Å²) in [6.45, 7) is 7.12. The zero-order valence-corrected chi connectivity index (χ0v) is 14.7. The molecule has 2 rings (SSSR count). The second-order valence-corrected chi connectivity index (χ2v) is 6.97. The van der Waals surface area contributed by atoms with Crippen LogP contribution in [0.2, 0.25) is 0 Å². The average Bonchev–Trinajstić information content (AvgIpc) is 2.77. The molecule has 24 heavy (non-hydrogen) atoms. The zero-order chi connectivity index (χ0) is 17.9. The number of thiazole rings is 1. The lowest BCUT2D eigenvalue weighted by molar-refractivity contribution is 0.0636. The van der Waals surface area contributed by atoms with Gasteiger partial charge in [0.05, 0.1) is 5.69 Å². The van der Waals surface area contributed by atoms with Crippen molar-refractivity contribution in [3.8, 4) is 10.9 Å². The van der Waals surface area contributed by atoms with Crippen molar-refractivity contribution in [3.05, 3.63) is 35.5 Å². The predicted molar refractivity (Wildman–Crippen MR) is 91.7 cm³/mol. The van der Waals surface area contributed by atoms with E-state index in [4.69, 9.17) is 15.2 Å². The van der Waals surface area contributed by atoms with Gasteiger partial charge in [-0.1, -0.05) is 11.3 Å². The molecule has 1 aromatic heterocycles. The van der Waals surface area contributed by atoms with E-state index in [-0.39, 0.29) is 0 Å². The third-order valence-electron chi connectivity index (χ3n) is 2.74. The highest BCUT2D eigenvalue weighted by Crippen LogP contribution is 2.33. The molecule has 1 aromatic carbocycles. The third-order valence-corrected chi connectivity index (χ3v) is 3.69. The molecule has 0 aliphatic rings. The van der Waals surface area contributed by atoms with Crippen LogP contribution in [0.5, 0.6) is 10.9 Å². The number of benzene rings is 1. The number of anilines is 1. The summed E-state index contributed by atoms with van der Waals surface area (Å²) >= 11 is 1.18. The van der Waals surface area contributed by atoms with Crippen molar-refractivity contribution in [1.29, 1.82) is 0 Å². The maximum atomic E-state index is 11.8. The Morgan fingerprint density at radius 1 is 1.21 bits per heavy atom. The number of hydrogen-bond donors (Lipinski definition) is 2. The fraction of sp³-hybridized carbons (Fsp3) is 0.312. The molecule has 0 aliphatic carbocycles. The van der Waals surface area contributed by atoms with Gasteiger partial charge in [0.1, 0.15) is 16.4 Å². The molecule has 2 amide bonds. The van der Waals surface area contributed by atoms with Crippen molar-refractivity contribution in [3.63, 3.8) is 0 Å². The van der Waals surface area contributed by atoms with Gasteiger partial charge in [0.2, 0.25) is 5.91 Å². The molecule has 2 aromatic rings. The molecule has 0 fully saturated rings. The number of nitrogens with zero attached hydrogens (tertiary/aromatic N) is 1. The largest absolute Gasteiger partial charge is 0.444 e. The minimum atomic E-state index is -0.579. The monoisotopic (exact) mass is 349 g/mol. The van der Waals surface area contributed by atoms with Gasteiger partial charge in [0, 0.05) is 5.56 Å². The molecule has 0 saturated carbocycles. The highest BCUT2D eigenvalue weighted by atomic mass is 32.1. The Labute approximate surface area is 143 Å². The number of amides is 2. The van der Waals surface area contributed by atoms with Crippen LogP contribution in [0.25, 0.3) is 0 Å². The summed E-state index contributed by atoms with van der Waals surface area (Å²) in [6, 6.07) is 6.38. The van der Waals surface area contributed by atoms with Crippen molar-refractivity contribution in [2.24, 2.45) is 5.73 Å². The molecule has 0 aliphatic heterocycles. The van der Waals surface area contributed by atoms with E-state index in [0.29, 0.717) is 27.2 Å². The lowest BCUT2D eigenvalue weighted by Crippen LogP contribution is -2.27. The van der Waals surface area contributed by atoms with E-state index in [9.17, 15) is 9.59 Å². The van der Waals surface area contributed by atoms with Crippen LogP contribution in [0.4, 0.5) is 9.80 Å². The van der Waals surface area contributed by atoms with Gasteiger partial charge >= 0.3 is 6.09 Å². The number of aromatic nitrogens is 1. The molecule has 0 bridgehead atoms. The number of nitrogens with one attached hydrogen (secondary N) is 1. The minimum Gasteiger partial charge on any atom is -0.444 e. The summed E-state index contributed by atoms with van der Waals surface area (Å²) in [6.07, 6.45) is -0.549. The van der Waals surface area contributed by atoms with Crippen LogP contribution in [-0.4, -0.2) is 22.6 Å². The molecule has 0 atom stereocenters. The summed E-state index contributed by atoms with van der Waals surface area (Å²) in [5, 5.41) is 3.57. The quantitative estimate of drug-likeness (QED) is 0.876. The Morgan fingerprint density at radius 2 is 1.83 bits per heavy atom. The lowest BCUT2D eigenvalue weighted by Gasteiger charge is -2.19. The predicted octanol–water partition coefficient (Wildman–Crippen LogP) is 3.69. The van der Waals surface area contributed by atoms with Gasteiger partial charge in [-0.05, 0) is 52.0 Å². The SMILES string of the molecule is Cc1nc(Oc2ccc(C(N)=O)cc2)sc1NC(=O)OC(C)(C)C. The van der Waals surface area contributed by atoms with E-state index >= 15 is 0 Å². The van der Waals surface area contributed by atoms with Gasteiger partial charge in [0.15, 0.2) is 0 Å². The molecular formula is C16H19N3O4S. The van der Waals surface area contributed by atoms with E-state index in [1.54, 1.807) is 52.0 Å². The number of carbonyl (C=O) groups excluding carboxylic acids is 2. The van der Waals surface area contributed by atoms with Crippen molar-refractivity contribution in [2.45, 2.75) is 33.3 Å². The smallest absolute Gasteiger partial charge is 0.412 e. The first-order chi connectivity index (χ1) is 11.1. The van der Waals surface area contributed by atoms with E-state index in [1.807, 2.05) is 0 Å². The van der Waals surface area contributed by atoms with Gasteiger partial charge in [-0.2, -0.15) is 0 Å². The maximum absolute atomic E-state index is 11.8. The number of carbonyl (C=O) groups is 2. The fourth-order valence-corrected chi connectivity index (χ4v) is 2.54. The Hall–Kier alpha value is -2.61. The van der Waals surface area contributed by atoms with Gasteiger partial charge in [-0.3, -0.25) is 10.1 Å². The number of nitrogens with two attached hydrogens (primary N) is 1. The standard InChI is InChI=1S/C16H19N3O4S/c1-9-13(19-14(21)23-16(2,3)4)24-15(18-9)22-11-7-5-10(6-8-11)12(17)20/h5-8H,1-4H3,(H2,17,20)(H,19,21). The average molecular weight is 349 g/mol. The summed E-state index contributed by atoms with van der Waals surface area (Å²) in [7, 11) is 0. The molecule has 0 saturated heterocycles. The van der Waals surface area contributed by atoms with Gasteiger partial charge in [0.25, 0.3) is 5.19 Å². The number of aryl methyl sites for hydroxylation is 1. The van der Waals surface area contributed by atoms with Crippen LogP contribution in [0.1, 0.15) is 36.8 Å². The molecule has 0 spiro atoms. The Bertz CT molecular complexity index is 748. The van der Waals surface area contributed by atoms with Crippen LogP contribution in [0, 0.1) is 6.92 Å². The van der Waals surface area contributed by atoms with Gasteiger partial charge in [-0.25, -0.2) is 9.78 Å². The first-order valence-corrected chi connectivity index (χ1v) is 8.01. The summed E-state index contributed by atoms with van der Waals surface area (Å²) in [5.74, 6) is 0.00746. The molecule has 0 unspecified atom stereocenters. The van der Waals surface area contributed by atoms with E-state index in [2.05, 4.69) is 10.3 Å². The van der Waals surface area contributed by atoms with Crippen LogP contribution < -0.4 is 15.8 Å². The maximum Gasteiger partial charge on any atom is 0.412 e. The number of primary amides is 1. The first-order valence-electron chi connectivity index (χ1n) is 7.19. The highest BCUT2D eigenvalue weighted by molar-refractivity contribution is 7.17. The zero-order valence-electron chi connectivity index (χ0n) is 13.9. The van der Waals surface area contributed by atoms with Gasteiger partial charge in [-0.15, -0.1) is 0 Å². The second-order valence-electron chi connectivity index (χ2n) is 6.01. The number of ether oxygens (including phenoxy) is 2. The van der Waals surface area contributed by atoms with Crippen LogP contribution in [-0.2, 0) is 4.74 Å². The van der Waals surface area contributed by atoms with Crippen LogP contribution >= 0.6 is 11.3 Å². The summed E-state index contributed by atoms with van der Waals surface area (Å²) in [5.41, 5.74) is 5.62. The van der Waals surface area contributed by atoms with Crippen LogP contribution in [0.3, 0.4) is 0 Å². The molecule has 7 nitrogen and oxygen atoms in total. The summed E-state index contributed by atoms with van der Waals surface area (Å²) in [4.78, 5) is 27.1. The van der Waals surface area contributed by atoms with Crippen molar-refractivity contribution in [1.82, 2.24) is 4.98 Å². The Morgan fingerprint density at radius 3 is 2.38 bits per heavy atom. The van der Waals surface area contributed by atoms with Crippen molar-refractivity contribution in [2.75, 3.05) is 5.32 Å². The molecule has 1 heterocycles. The molecule has 8 heteroatoms. The fourth-order valence-electron chi connectivity index (χ4n) is 1.72. The molecule has 0 radical (unpaired) electrons. The van der Waals surface area contributed by atoms with Crippen molar-refractivity contribution >= 4 is 28.3 Å². The topological polar surface area (TPSA) is 104 Å². The number of rotatable bonds is 4. The normalized spacial score (nSPS) is 11.0. The highest BCUT2D eigenvalue weighted by Gasteiger charge is 2.19. The van der Waals surface area contributed by atoms with E-state index in [0.717, 1.165) is 0 Å². The molecular weight excluding hydrogens is 330 g/mol. The summed E-state index contributed by atoms with van der Waals surface area (Å²) < 4.78 is 10.8. The Balaban J connectivity index is 2.05. The third kappa shape index (κ3) is 4.95. The van der Waals surface area contributed by atoms with Gasteiger partial charge < -0.3 is 15.2 Å². The minimum absolute atomic E-state index is 0.366. The number of hydrogen-bond acceptors (Lipinski definition) is 6. The Kier molecular flexibility index (Phi) is 5.08. The lowest BCUT2D eigenvalue weighted by atomic mass is 10.2. The van der Waals surface area contributed by atoms with E-state index in [1.165, 1.54) is 11.3 Å². The first kappa shape index (κ1) is 17.7. The van der Waals surface area contributed by atoms with Crippen molar-refractivity contribution < 1.29 is 19.1 Å².